The lowest BCUT2D eigenvalue weighted by atomic mass is 9.79. The number of fused-ring (bicyclic) bond motifs is 1. The van der Waals surface area contributed by atoms with Gasteiger partial charge in [0.15, 0.2) is 0 Å². The smallest absolute Gasteiger partial charge is 0.271 e. The molecule has 0 aromatic carbocycles. The Balaban J connectivity index is 1.47. The van der Waals surface area contributed by atoms with Gasteiger partial charge in [-0.25, -0.2) is 4.98 Å². The number of rotatable bonds is 4. The summed E-state index contributed by atoms with van der Waals surface area (Å²) >= 11 is 0. The van der Waals surface area contributed by atoms with Crippen LogP contribution in [0.5, 0.6) is 0 Å². The van der Waals surface area contributed by atoms with E-state index in [1.54, 1.807) is 0 Å². The Bertz CT molecular complexity index is 693. The molecule has 5 heteroatoms. The summed E-state index contributed by atoms with van der Waals surface area (Å²) in [4.78, 5) is 19.8. The van der Waals surface area contributed by atoms with Crippen molar-refractivity contribution in [1.82, 2.24) is 19.6 Å². The second-order valence-electron chi connectivity index (χ2n) is 7.61. The van der Waals surface area contributed by atoms with Crippen LogP contribution in [0, 0.1) is 0 Å². The number of piperidine rings is 1. The second-order valence-corrected chi connectivity index (χ2v) is 7.61. The summed E-state index contributed by atoms with van der Waals surface area (Å²) < 4.78 is 1.90. The largest absolute Gasteiger partial charge is 0.349 e. The third kappa shape index (κ3) is 3.43. The van der Waals surface area contributed by atoms with Gasteiger partial charge in [0, 0.05) is 24.5 Å². The average molecular weight is 340 g/mol. The lowest BCUT2D eigenvalue weighted by Crippen LogP contribution is -2.58. The van der Waals surface area contributed by atoms with Gasteiger partial charge in [-0.1, -0.05) is 31.7 Å². The minimum absolute atomic E-state index is 0.0503. The predicted octanol–water partition coefficient (Wildman–Crippen LogP) is 3.25. The molecule has 0 radical (unpaired) electrons. The van der Waals surface area contributed by atoms with Gasteiger partial charge >= 0.3 is 0 Å². The van der Waals surface area contributed by atoms with Gasteiger partial charge in [-0.15, -0.1) is 0 Å². The molecule has 0 bridgehead atoms. The molecule has 1 amide bonds. The molecule has 2 aromatic heterocycles. The zero-order valence-electron chi connectivity index (χ0n) is 14.9. The number of pyridine rings is 1. The molecular weight excluding hydrogens is 312 g/mol. The average Bonchev–Trinajstić information content (AvgIpc) is 3.12. The number of likely N-dealkylation sites (tertiary alicyclic amines) is 1. The summed E-state index contributed by atoms with van der Waals surface area (Å²) in [5, 5.41) is 3.21. The van der Waals surface area contributed by atoms with Crippen molar-refractivity contribution >= 4 is 11.6 Å². The first kappa shape index (κ1) is 16.6. The Morgan fingerprint density at radius 3 is 2.60 bits per heavy atom. The molecule has 1 aliphatic carbocycles. The first-order valence-electron chi connectivity index (χ1n) is 9.74. The number of nitrogens with zero attached hydrogens (tertiary/aromatic N) is 3. The maximum absolute atomic E-state index is 12.7. The summed E-state index contributed by atoms with van der Waals surface area (Å²) in [6.07, 6.45) is 14.0. The molecule has 3 heterocycles. The topological polar surface area (TPSA) is 49.6 Å². The van der Waals surface area contributed by atoms with Crippen molar-refractivity contribution in [2.24, 2.45) is 0 Å². The van der Waals surface area contributed by atoms with Gasteiger partial charge in [-0.2, -0.15) is 0 Å². The first-order chi connectivity index (χ1) is 12.3. The van der Waals surface area contributed by atoms with E-state index < -0.39 is 0 Å². The van der Waals surface area contributed by atoms with Gasteiger partial charge in [0.2, 0.25) is 0 Å². The molecule has 0 atom stereocenters. The van der Waals surface area contributed by atoms with Crippen LogP contribution in [0.25, 0.3) is 5.65 Å². The molecular formula is C20H28N4O. The third-order valence-corrected chi connectivity index (χ3v) is 5.99. The van der Waals surface area contributed by atoms with E-state index in [9.17, 15) is 4.79 Å². The van der Waals surface area contributed by atoms with Crippen LogP contribution in [0.3, 0.4) is 0 Å². The SMILES string of the molecule is O=C(NCC1(N2CCCCC2)CCCCC1)c1cn2ccccc2n1. The normalized spacial score (nSPS) is 21.3. The van der Waals surface area contributed by atoms with Gasteiger partial charge in [0.1, 0.15) is 11.3 Å². The van der Waals surface area contributed by atoms with E-state index >= 15 is 0 Å². The van der Waals surface area contributed by atoms with Gasteiger partial charge < -0.3 is 9.72 Å². The van der Waals surface area contributed by atoms with Gasteiger partial charge in [0.05, 0.1) is 0 Å². The van der Waals surface area contributed by atoms with E-state index in [0.29, 0.717) is 5.69 Å². The quantitative estimate of drug-likeness (QED) is 0.929. The molecule has 2 fully saturated rings. The van der Waals surface area contributed by atoms with Gasteiger partial charge in [0.25, 0.3) is 5.91 Å². The summed E-state index contributed by atoms with van der Waals surface area (Å²) in [5.41, 5.74) is 1.49. The van der Waals surface area contributed by atoms with Crippen LogP contribution >= 0.6 is 0 Å². The zero-order chi connectivity index (χ0) is 17.1. The fourth-order valence-electron chi connectivity index (χ4n) is 4.56. The summed E-state index contributed by atoms with van der Waals surface area (Å²) in [7, 11) is 0. The summed E-state index contributed by atoms with van der Waals surface area (Å²) in [6, 6.07) is 5.81. The van der Waals surface area contributed by atoms with Crippen LogP contribution in [0.4, 0.5) is 0 Å². The van der Waals surface area contributed by atoms with E-state index in [4.69, 9.17) is 0 Å². The van der Waals surface area contributed by atoms with E-state index in [2.05, 4.69) is 15.2 Å². The first-order valence-corrected chi connectivity index (χ1v) is 9.74. The molecule has 5 nitrogen and oxygen atoms in total. The number of hydrogen-bond acceptors (Lipinski definition) is 3. The molecule has 1 N–H and O–H groups in total. The molecule has 1 aliphatic heterocycles. The van der Waals surface area contributed by atoms with Crippen LogP contribution in [-0.2, 0) is 0 Å². The Morgan fingerprint density at radius 1 is 1.08 bits per heavy atom. The molecule has 1 saturated carbocycles. The van der Waals surface area contributed by atoms with Crippen molar-refractivity contribution in [3.8, 4) is 0 Å². The van der Waals surface area contributed by atoms with Crippen molar-refractivity contribution in [3.05, 3.63) is 36.3 Å². The van der Waals surface area contributed by atoms with E-state index in [1.807, 2.05) is 35.0 Å². The van der Waals surface area contributed by atoms with Crippen LogP contribution in [0.15, 0.2) is 30.6 Å². The maximum Gasteiger partial charge on any atom is 0.271 e. The molecule has 2 aliphatic rings. The van der Waals surface area contributed by atoms with E-state index in [-0.39, 0.29) is 11.4 Å². The number of amides is 1. The molecule has 134 valence electrons. The minimum Gasteiger partial charge on any atom is -0.349 e. The minimum atomic E-state index is -0.0503. The standard InChI is InChI=1S/C20H28N4O/c25-19(17-15-23-12-8-3-9-18(23)22-17)21-16-20(10-4-1-5-11-20)24-13-6-2-7-14-24/h3,8-9,12,15H,1-2,4-7,10-11,13-14,16H2,(H,21,25). The third-order valence-electron chi connectivity index (χ3n) is 5.99. The lowest BCUT2D eigenvalue weighted by Gasteiger charge is -2.48. The fourth-order valence-corrected chi connectivity index (χ4v) is 4.56. The number of aromatic nitrogens is 2. The Hall–Kier alpha value is -1.88. The van der Waals surface area contributed by atoms with Gasteiger partial charge in [-0.3, -0.25) is 9.69 Å². The van der Waals surface area contributed by atoms with Crippen LogP contribution < -0.4 is 5.32 Å². The van der Waals surface area contributed by atoms with Crippen molar-refractivity contribution < 1.29 is 4.79 Å². The van der Waals surface area contributed by atoms with Gasteiger partial charge in [-0.05, 0) is 50.9 Å². The van der Waals surface area contributed by atoms with Crippen molar-refractivity contribution in [1.29, 1.82) is 0 Å². The van der Waals surface area contributed by atoms with Crippen LogP contribution in [-0.4, -0.2) is 45.4 Å². The highest BCUT2D eigenvalue weighted by Crippen LogP contribution is 2.35. The van der Waals surface area contributed by atoms with E-state index in [1.165, 1.54) is 64.5 Å². The molecule has 0 spiro atoms. The second kappa shape index (κ2) is 7.16. The van der Waals surface area contributed by atoms with Crippen molar-refractivity contribution in [2.45, 2.75) is 56.9 Å². The summed E-state index contributed by atoms with van der Waals surface area (Å²) in [5.74, 6) is -0.0503. The lowest BCUT2D eigenvalue weighted by molar-refractivity contribution is 0.0326. The monoisotopic (exact) mass is 340 g/mol. The van der Waals surface area contributed by atoms with Crippen molar-refractivity contribution in [2.75, 3.05) is 19.6 Å². The highest BCUT2D eigenvalue weighted by Gasteiger charge is 2.38. The Labute approximate surface area is 149 Å². The number of imidazole rings is 1. The predicted molar refractivity (Wildman–Crippen MR) is 98.8 cm³/mol. The van der Waals surface area contributed by atoms with E-state index in [0.717, 1.165) is 12.2 Å². The summed E-state index contributed by atoms with van der Waals surface area (Å²) in [6.45, 7) is 3.12. The zero-order valence-corrected chi connectivity index (χ0v) is 14.9. The number of carbonyl (C=O) groups is 1. The van der Waals surface area contributed by atoms with Crippen LogP contribution in [0.2, 0.25) is 0 Å². The number of carbonyl (C=O) groups excluding carboxylic acids is 1. The molecule has 0 unspecified atom stereocenters. The Kier molecular flexibility index (Phi) is 4.75. The molecule has 4 rings (SSSR count). The molecule has 1 saturated heterocycles. The number of hydrogen-bond donors (Lipinski definition) is 1. The Morgan fingerprint density at radius 2 is 1.84 bits per heavy atom. The highest BCUT2D eigenvalue weighted by atomic mass is 16.1. The molecule has 2 aromatic rings. The molecule has 25 heavy (non-hydrogen) atoms. The fraction of sp³-hybridized carbons (Fsp3) is 0.600. The van der Waals surface area contributed by atoms with Crippen molar-refractivity contribution in [3.63, 3.8) is 0 Å². The highest BCUT2D eigenvalue weighted by molar-refractivity contribution is 5.92. The maximum atomic E-state index is 12.7. The number of nitrogens with one attached hydrogen (secondary N) is 1. The van der Waals surface area contributed by atoms with Crippen LogP contribution in [0.1, 0.15) is 61.9 Å².